The number of carbonyl (C=O) groups is 1. The first-order valence-corrected chi connectivity index (χ1v) is 8.11. The highest BCUT2D eigenvalue weighted by atomic mass is 32.2. The number of ether oxygens (including phenoxy) is 1. The summed E-state index contributed by atoms with van der Waals surface area (Å²) in [4.78, 5) is 15.6. The molecule has 2 atom stereocenters. The van der Waals surface area contributed by atoms with Crippen LogP contribution in [-0.4, -0.2) is 42.5 Å². The van der Waals surface area contributed by atoms with E-state index in [1.807, 2.05) is 29.7 Å². The van der Waals surface area contributed by atoms with E-state index in [0.717, 1.165) is 12.2 Å². The lowest BCUT2D eigenvalue weighted by atomic mass is 10.0. The minimum atomic E-state index is 0.0347. The normalized spacial score (nSPS) is 25.9. The zero-order chi connectivity index (χ0) is 13.9. The van der Waals surface area contributed by atoms with Crippen LogP contribution in [-0.2, 0) is 4.74 Å². The third-order valence-corrected chi connectivity index (χ3v) is 5.01. The molecule has 2 aliphatic heterocycles. The standard InChI is InChI=1S/C15H20N2O2S/c1-11-10-19-8-7-17(11)15(18)16-13-6-9-20-14-5-3-2-4-12(13)14/h2-5,11,13H,6-10H2,1H3,(H,16,18)/t11-,13-/m0/s1. The number of rotatable bonds is 1. The number of nitrogens with one attached hydrogen (secondary N) is 1. The van der Waals surface area contributed by atoms with E-state index in [-0.39, 0.29) is 18.1 Å². The summed E-state index contributed by atoms with van der Waals surface area (Å²) in [7, 11) is 0. The number of thioether (sulfide) groups is 1. The number of nitrogens with zero attached hydrogens (tertiary/aromatic N) is 1. The first-order chi connectivity index (χ1) is 9.75. The molecule has 2 aliphatic rings. The second-order valence-corrected chi connectivity index (χ2v) is 6.43. The number of fused-ring (bicyclic) bond motifs is 1. The lowest BCUT2D eigenvalue weighted by molar-refractivity contribution is 0.0183. The third-order valence-electron chi connectivity index (χ3n) is 3.88. The Bertz CT molecular complexity index is 495. The van der Waals surface area contributed by atoms with Gasteiger partial charge in [-0.2, -0.15) is 0 Å². The maximum Gasteiger partial charge on any atom is 0.318 e. The zero-order valence-electron chi connectivity index (χ0n) is 11.7. The Kier molecular flexibility index (Phi) is 4.17. The summed E-state index contributed by atoms with van der Waals surface area (Å²) in [5, 5.41) is 3.19. The third kappa shape index (κ3) is 2.79. The summed E-state index contributed by atoms with van der Waals surface area (Å²) >= 11 is 1.87. The molecule has 2 heterocycles. The fraction of sp³-hybridized carbons (Fsp3) is 0.533. The summed E-state index contributed by atoms with van der Waals surface area (Å²) in [6.07, 6.45) is 0.992. The zero-order valence-corrected chi connectivity index (χ0v) is 12.5. The molecule has 108 valence electrons. The Labute approximate surface area is 123 Å². The van der Waals surface area contributed by atoms with Crippen LogP contribution < -0.4 is 5.32 Å². The Morgan fingerprint density at radius 1 is 1.45 bits per heavy atom. The first-order valence-electron chi connectivity index (χ1n) is 7.12. The summed E-state index contributed by atoms with van der Waals surface area (Å²) < 4.78 is 5.38. The van der Waals surface area contributed by atoms with Gasteiger partial charge in [-0.15, -0.1) is 11.8 Å². The molecule has 0 bridgehead atoms. The van der Waals surface area contributed by atoms with Crippen LogP contribution in [0.25, 0.3) is 0 Å². The van der Waals surface area contributed by atoms with Crippen LogP contribution >= 0.6 is 11.8 Å². The predicted octanol–water partition coefficient (Wildman–Crippen LogP) is 2.65. The summed E-state index contributed by atoms with van der Waals surface area (Å²) in [5.41, 5.74) is 1.25. The minimum Gasteiger partial charge on any atom is -0.377 e. The summed E-state index contributed by atoms with van der Waals surface area (Å²) in [5.74, 6) is 1.06. The van der Waals surface area contributed by atoms with E-state index in [0.29, 0.717) is 19.8 Å². The monoisotopic (exact) mass is 292 g/mol. The fourth-order valence-electron chi connectivity index (χ4n) is 2.75. The van der Waals surface area contributed by atoms with E-state index in [1.165, 1.54) is 10.5 Å². The van der Waals surface area contributed by atoms with Crippen LogP contribution in [0.4, 0.5) is 4.79 Å². The molecule has 20 heavy (non-hydrogen) atoms. The smallest absolute Gasteiger partial charge is 0.318 e. The quantitative estimate of drug-likeness (QED) is 0.865. The SMILES string of the molecule is C[C@H]1COCCN1C(=O)N[C@H]1CCSc2ccccc21. The molecule has 3 rings (SSSR count). The average molecular weight is 292 g/mol. The molecule has 0 spiro atoms. The maximum atomic E-state index is 12.4. The molecule has 4 nitrogen and oxygen atoms in total. The minimum absolute atomic E-state index is 0.0347. The van der Waals surface area contributed by atoms with Crippen LogP contribution in [0, 0.1) is 0 Å². The van der Waals surface area contributed by atoms with Gasteiger partial charge in [-0.3, -0.25) is 0 Å². The van der Waals surface area contributed by atoms with Crippen molar-refractivity contribution >= 4 is 17.8 Å². The molecule has 1 aromatic carbocycles. The highest BCUT2D eigenvalue weighted by Gasteiger charge is 2.27. The number of carbonyl (C=O) groups excluding carboxylic acids is 1. The van der Waals surface area contributed by atoms with Crippen LogP contribution in [0.15, 0.2) is 29.2 Å². The summed E-state index contributed by atoms with van der Waals surface area (Å²) in [6.45, 7) is 3.97. The van der Waals surface area contributed by atoms with Crippen LogP contribution in [0.3, 0.4) is 0 Å². The van der Waals surface area contributed by atoms with Crippen molar-refractivity contribution in [1.29, 1.82) is 0 Å². The molecule has 0 unspecified atom stereocenters. The van der Waals surface area contributed by atoms with Crippen molar-refractivity contribution in [3.8, 4) is 0 Å². The van der Waals surface area contributed by atoms with E-state index in [9.17, 15) is 4.79 Å². The lowest BCUT2D eigenvalue weighted by Crippen LogP contribution is -2.52. The van der Waals surface area contributed by atoms with E-state index in [1.54, 1.807) is 0 Å². The highest BCUT2D eigenvalue weighted by molar-refractivity contribution is 7.99. The van der Waals surface area contributed by atoms with Crippen molar-refractivity contribution in [2.24, 2.45) is 0 Å². The number of morpholine rings is 1. The molecule has 1 saturated heterocycles. The number of hydrogen-bond donors (Lipinski definition) is 1. The van der Waals surface area contributed by atoms with E-state index >= 15 is 0 Å². The molecule has 2 amide bonds. The molecular weight excluding hydrogens is 272 g/mol. The van der Waals surface area contributed by atoms with Gasteiger partial charge in [-0.1, -0.05) is 18.2 Å². The topological polar surface area (TPSA) is 41.6 Å². The second-order valence-electron chi connectivity index (χ2n) is 5.29. The van der Waals surface area contributed by atoms with E-state index in [4.69, 9.17) is 4.74 Å². The lowest BCUT2D eigenvalue weighted by Gasteiger charge is -2.35. The van der Waals surface area contributed by atoms with Gasteiger partial charge in [0.15, 0.2) is 0 Å². The van der Waals surface area contributed by atoms with Crippen LogP contribution in [0.1, 0.15) is 24.9 Å². The Morgan fingerprint density at radius 2 is 2.30 bits per heavy atom. The molecular formula is C15H20N2O2S. The van der Waals surface area contributed by atoms with Gasteiger partial charge in [0.1, 0.15) is 0 Å². The van der Waals surface area contributed by atoms with Crippen molar-refractivity contribution in [2.45, 2.75) is 30.3 Å². The van der Waals surface area contributed by atoms with Gasteiger partial charge < -0.3 is 15.0 Å². The van der Waals surface area contributed by atoms with Crippen molar-refractivity contribution in [3.05, 3.63) is 29.8 Å². The van der Waals surface area contributed by atoms with Gasteiger partial charge >= 0.3 is 6.03 Å². The van der Waals surface area contributed by atoms with Crippen LogP contribution in [0.2, 0.25) is 0 Å². The molecule has 0 radical (unpaired) electrons. The number of hydrogen-bond acceptors (Lipinski definition) is 3. The second kappa shape index (κ2) is 6.06. The van der Waals surface area contributed by atoms with Crippen molar-refractivity contribution in [2.75, 3.05) is 25.5 Å². The van der Waals surface area contributed by atoms with Crippen molar-refractivity contribution < 1.29 is 9.53 Å². The molecule has 0 aliphatic carbocycles. The fourth-order valence-corrected chi connectivity index (χ4v) is 3.88. The molecule has 0 aromatic heterocycles. The largest absolute Gasteiger partial charge is 0.377 e. The first kappa shape index (κ1) is 13.8. The number of urea groups is 1. The van der Waals surface area contributed by atoms with Crippen LogP contribution in [0.5, 0.6) is 0 Å². The van der Waals surface area contributed by atoms with Gasteiger partial charge in [0.05, 0.1) is 25.3 Å². The van der Waals surface area contributed by atoms with Gasteiger partial charge in [-0.25, -0.2) is 4.79 Å². The van der Waals surface area contributed by atoms with E-state index in [2.05, 4.69) is 23.5 Å². The number of amides is 2. The number of benzene rings is 1. The molecule has 1 fully saturated rings. The Morgan fingerprint density at radius 3 is 3.15 bits per heavy atom. The van der Waals surface area contributed by atoms with Gasteiger partial charge in [0.2, 0.25) is 0 Å². The predicted molar refractivity (Wildman–Crippen MR) is 80.0 cm³/mol. The van der Waals surface area contributed by atoms with Crippen molar-refractivity contribution in [3.63, 3.8) is 0 Å². The van der Waals surface area contributed by atoms with Gasteiger partial charge in [-0.05, 0) is 25.0 Å². The Balaban J connectivity index is 1.70. The van der Waals surface area contributed by atoms with Gasteiger partial charge in [0, 0.05) is 17.2 Å². The molecule has 1 N–H and O–H groups in total. The molecule has 0 saturated carbocycles. The molecule has 1 aromatic rings. The summed E-state index contributed by atoms with van der Waals surface area (Å²) in [6, 6.07) is 8.67. The molecule has 5 heteroatoms. The average Bonchev–Trinajstić information content (AvgIpc) is 2.48. The maximum absolute atomic E-state index is 12.4. The highest BCUT2D eigenvalue weighted by Crippen LogP contribution is 2.35. The Hall–Kier alpha value is -1.20. The van der Waals surface area contributed by atoms with Crippen molar-refractivity contribution in [1.82, 2.24) is 10.2 Å². The van der Waals surface area contributed by atoms with E-state index < -0.39 is 0 Å². The van der Waals surface area contributed by atoms with Gasteiger partial charge in [0.25, 0.3) is 0 Å².